The van der Waals surface area contributed by atoms with Gasteiger partial charge in [0.15, 0.2) is 11.5 Å². The highest BCUT2D eigenvalue weighted by Gasteiger charge is 2.11. The Balaban J connectivity index is 1.71. The maximum Gasteiger partial charge on any atom is 0.244 e. The lowest BCUT2D eigenvalue weighted by Gasteiger charge is -2.10. The number of rotatable bonds is 6. The number of ether oxygens (including phenoxy) is 2. The summed E-state index contributed by atoms with van der Waals surface area (Å²) >= 11 is 6.21. The zero-order chi connectivity index (χ0) is 20.9. The van der Waals surface area contributed by atoms with E-state index in [2.05, 4.69) is 20.5 Å². The van der Waals surface area contributed by atoms with E-state index in [4.69, 9.17) is 21.1 Å². The summed E-state index contributed by atoms with van der Waals surface area (Å²) in [6.45, 7) is 0. The molecule has 0 spiro atoms. The van der Waals surface area contributed by atoms with Crippen molar-refractivity contribution in [2.45, 2.75) is 0 Å². The summed E-state index contributed by atoms with van der Waals surface area (Å²) in [7, 11) is 3.18. The molecule has 0 aliphatic rings. The van der Waals surface area contributed by atoms with Crippen molar-refractivity contribution in [2.24, 2.45) is 5.10 Å². The zero-order valence-corrected chi connectivity index (χ0v) is 17.2. The summed E-state index contributed by atoms with van der Waals surface area (Å²) < 4.78 is 10.7. The molecule has 0 saturated carbocycles. The fraction of sp³-hybridized carbons (Fsp3) is 0.0870. The molecule has 1 N–H and O–H groups in total. The van der Waals surface area contributed by atoms with Gasteiger partial charge in [-0.05, 0) is 30.3 Å². The standard InChI is InChI=1S/C23H19ClN4O2/c1-29-20-10-6-9-16(22(20)30-2)14-25-28-23-26-19-12-11-17(24)13-18(19)21(27-23)15-7-4-3-5-8-15/h3-14H,1-2H3,(H,26,27,28)/b25-14+. The van der Waals surface area contributed by atoms with E-state index in [-0.39, 0.29) is 0 Å². The second-order valence-corrected chi connectivity index (χ2v) is 6.81. The van der Waals surface area contributed by atoms with E-state index in [0.29, 0.717) is 22.5 Å². The predicted octanol–water partition coefficient (Wildman–Crippen LogP) is 5.41. The number of halogens is 1. The van der Waals surface area contributed by atoms with Crippen LogP contribution in [-0.4, -0.2) is 30.4 Å². The maximum atomic E-state index is 6.21. The second-order valence-electron chi connectivity index (χ2n) is 6.38. The van der Waals surface area contributed by atoms with Crippen molar-refractivity contribution in [2.75, 3.05) is 19.6 Å². The third-order valence-corrected chi connectivity index (χ3v) is 4.74. The Kier molecular flexibility index (Phi) is 5.77. The van der Waals surface area contributed by atoms with Crippen molar-refractivity contribution in [1.29, 1.82) is 0 Å². The average molecular weight is 419 g/mol. The van der Waals surface area contributed by atoms with Crippen LogP contribution < -0.4 is 14.9 Å². The molecule has 150 valence electrons. The third-order valence-electron chi connectivity index (χ3n) is 4.51. The Morgan fingerprint density at radius 3 is 2.53 bits per heavy atom. The highest BCUT2D eigenvalue weighted by atomic mass is 35.5. The number of anilines is 1. The first-order valence-corrected chi connectivity index (χ1v) is 9.60. The summed E-state index contributed by atoms with van der Waals surface area (Å²) in [4.78, 5) is 9.23. The molecule has 3 aromatic carbocycles. The van der Waals surface area contributed by atoms with Crippen LogP contribution in [0.25, 0.3) is 22.2 Å². The number of para-hydroxylation sites is 1. The minimum Gasteiger partial charge on any atom is -0.493 e. The van der Waals surface area contributed by atoms with E-state index in [1.807, 2.05) is 60.7 Å². The molecule has 4 rings (SSSR count). The molecule has 6 nitrogen and oxygen atoms in total. The lowest BCUT2D eigenvalue weighted by molar-refractivity contribution is 0.354. The van der Waals surface area contributed by atoms with Gasteiger partial charge in [-0.25, -0.2) is 15.4 Å². The van der Waals surface area contributed by atoms with E-state index in [9.17, 15) is 0 Å². The van der Waals surface area contributed by atoms with Gasteiger partial charge in [0.1, 0.15) is 0 Å². The Morgan fingerprint density at radius 1 is 0.933 bits per heavy atom. The second kappa shape index (κ2) is 8.80. The molecule has 1 heterocycles. The number of hydrazone groups is 1. The predicted molar refractivity (Wildman–Crippen MR) is 121 cm³/mol. The summed E-state index contributed by atoms with van der Waals surface area (Å²) in [6, 6.07) is 21.0. The number of aromatic nitrogens is 2. The fourth-order valence-electron chi connectivity index (χ4n) is 3.14. The van der Waals surface area contributed by atoms with Crippen molar-refractivity contribution in [3.8, 4) is 22.8 Å². The normalized spacial score (nSPS) is 11.0. The molecule has 1 aromatic heterocycles. The van der Waals surface area contributed by atoms with Crippen molar-refractivity contribution in [1.82, 2.24) is 9.97 Å². The maximum absolute atomic E-state index is 6.21. The molecular weight excluding hydrogens is 400 g/mol. The van der Waals surface area contributed by atoms with Crippen LogP contribution >= 0.6 is 11.6 Å². The molecular formula is C23H19ClN4O2. The number of hydrogen-bond acceptors (Lipinski definition) is 6. The van der Waals surface area contributed by atoms with Crippen LogP contribution in [0.2, 0.25) is 5.02 Å². The van der Waals surface area contributed by atoms with Gasteiger partial charge in [0.05, 0.1) is 31.6 Å². The summed E-state index contributed by atoms with van der Waals surface area (Å²) in [5.41, 5.74) is 6.19. The number of benzene rings is 3. The van der Waals surface area contributed by atoms with E-state index in [0.717, 1.165) is 27.7 Å². The number of nitrogens with one attached hydrogen (secondary N) is 1. The van der Waals surface area contributed by atoms with Gasteiger partial charge in [0.2, 0.25) is 5.95 Å². The van der Waals surface area contributed by atoms with Crippen molar-refractivity contribution in [3.63, 3.8) is 0 Å². The van der Waals surface area contributed by atoms with Crippen molar-refractivity contribution < 1.29 is 9.47 Å². The number of methoxy groups -OCH3 is 2. The van der Waals surface area contributed by atoms with Crippen LogP contribution in [0.3, 0.4) is 0 Å². The van der Waals surface area contributed by atoms with Gasteiger partial charge >= 0.3 is 0 Å². The molecule has 7 heteroatoms. The Bertz CT molecular complexity index is 1210. The monoisotopic (exact) mass is 418 g/mol. The van der Waals surface area contributed by atoms with E-state index < -0.39 is 0 Å². The molecule has 0 atom stereocenters. The minimum atomic E-state index is 0.377. The van der Waals surface area contributed by atoms with E-state index in [1.165, 1.54) is 0 Å². The van der Waals surface area contributed by atoms with Gasteiger partial charge in [-0.1, -0.05) is 48.0 Å². The topological polar surface area (TPSA) is 68.6 Å². The molecule has 0 amide bonds. The number of hydrogen-bond donors (Lipinski definition) is 1. The number of nitrogens with zero attached hydrogens (tertiary/aromatic N) is 3. The van der Waals surface area contributed by atoms with Crippen LogP contribution in [0.5, 0.6) is 11.5 Å². The minimum absolute atomic E-state index is 0.377. The molecule has 0 aliphatic heterocycles. The first-order chi connectivity index (χ1) is 14.7. The van der Waals surface area contributed by atoms with Gasteiger partial charge in [0, 0.05) is 21.5 Å². The molecule has 30 heavy (non-hydrogen) atoms. The van der Waals surface area contributed by atoms with Gasteiger partial charge in [0.25, 0.3) is 0 Å². The molecule has 0 unspecified atom stereocenters. The van der Waals surface area contributed by atoms with E-state index in [1.54, 1.807) is 26.5 Å². The highest BCUT2D eigenvalue weighted by Crippen LogP contribution is 2.30. The van der Waals surface area contributed by atoms with Crippen molar-refractivity contribution >= 4 is 34.7 Å². The van der Waals surface area contributed by atoms with Gasteiger partial charge < -0.3 is 9.47 Å². The highest BCUT2D eigenvalue weighted by molar-refractivity contribution is 6.31. The Labute approximate surface area is 179 Å². The number of fused-ring (bicyclic) bond motifs is 1. The van der Waals surface area contributed by atoms with Crippen LogP contribution in [-0.2, 0) is 0 Å². The first-order valence-electron chi connectivity index (χ1n) is 9.22. The lowest BCUT2D eigenvalue weighted by Crippen LogP contribution is -2.01. The average Bonchev–Trinajstić information content (AvgIpc) is 2.79. The molecule has 0 radical (unpaired) electrons. The van der Waals surface area contributed by atoms with Gasteiger partial charge in [-0.15, -0.1) is 0 Å². The first kappa shape index (κ1) is 19.7. The largest absolute Gasteiger partial charge is 0.493 e. The quantitative estimate of drug-likeness (QED) is 0.335. The Hall–Kier alpha value is -3.64. The zero-order valence-electron chi connectivity index (χ0n) is 16.5. The molecule has 0 saturated heterocycles. The summed E-state index contributed by atoms with van der Waals surface area (Å²) in [5, 5.41) is 5.80. The third kappa shape index (κ3) is 4.04. The summed E-state index contributed by atoms with van der Waals surface area (Å²) in [6.07, 6.45) is 1.64. The fourth-order valence-corrected chi connectivity index (χ4v) is 3.31. The van der Waals surface area contributed by atoms with Gasteiger partial charge in [-0.2, -0.15) is 5.10 Å². The lowest BCUT2D eigenvalue weighted by atomic mass is 10.1. The van der Waals surface area contributed by atoms with Crippen LogP contribution in [0.1, 0.15) is 5.56 Å². The van der Waals surface area contributed by atoms with Gasteiger partial charge in [-0.3, -0.25) is 0 Å². The van der Waals surface area contributed by atoms with Crippen LogP contribution in [0.4, 0.5) is 5.95 Å². The summed E-state index contributed by atoms with van der Waals surface area (Å²) in [5.74, 6) is 1.61. The molecule has 0 fully saturated rings. The smallest absolute Gasteiger partial charge is 0.244 e. The van der Waals surface area contributed by atoms with E-state index >= 15 is 0 Å². The molecule has 0 aliphatic carbocycles. The SMILES string of the molecule is COc1cccc(/C=N/Nc2nc(-c3ccccc3)c3cc(Cl)ccc3n2)c1OC. The molecule has 0 bridgehead atoms. The van der Waals surface area contributed by atoms with Crippen molar-refractivity contribution in [3.05, 3.63) is 77.3 Å². The Morgan fingerprint density at radius 2 is 1.77 bits per heavy atom. The van der Waals surface area contributed by atoms with Crippen LogP contribution in [0.15, 0.2) is 71.8 Å². The molecule has 4 aromatic rings. The van der Waals surface area contributed by atoms with Crippen LogP contribution in [0, 0.1) is 0 Å².